The second kappa shape index (κ2) is 6.55. The summed E-state index contributed by atoms with van der Waals surface area (Å²) in [4.78, 5) is 25.2. The largest absolute Gasteiger partial charge is 0.419 e. The van der Waals surface area contributed by atoms with Crippen molar-refractivity contribution in [3.05, 3.63) is 34.9 Å². The fraction of sp³-hybridized carbons (Fsp3) is 0.529. The molecule has 1 aliphatic rings. The van der Waals surface area contributed by atoms with Gasteiger partial charge in [0.1, 0.15) is 0 Å². The molecule has 1 atom stereocenters. The molecule has 0 aromatic heterocycles. The molecule has 24 heavy (non-hydrogen) atoms. The molecule has 1 unspecified atom stereocenters. The van der Waals surface area contributed by atoms with Gasteiger partial charge in [0.2, 0.25) is 5.91 Å². The minimum absolute atomic E-state index is 0.0654. The van der Waals surface area contributed by atoms with Crippen molar-refractivity contribution in [2.24, 2.45) is 0 Å². The molecule has 1 saturated heterocycles. The first-order valence-corrected chi connectivity index (χ1v) is 7.71. The fourth-order valence-corrected chi connectivity index (χ4v) is 2.79. The summed E-state index contributed by atoms with van der Waals surface area (Å²) in [5, 5.41) is 9.58. The van der Waals surface area contributed by atoms with Gasteiger partial charge in [-0.25, -0.2) is 0 Å². The molecule has 0 radical (unpaired) electrons. The van der Waals surface area contributed by atoms with E-state index in [1.165, 1.54) is 0 Å². The van der Waals surface area contributed by atoms with E-state index in [1.807, 2.05) is 19.1 Å². The number of hydrogen-bond donors (Lipinski definition) is 1. The summed E-state index contributed by atoms with van der Waals surface area (Å²) in [5.74, 6) is -0.760. The Kier molecular flexibility index (Phi) is 5.03. The molecule has 7 heteroatoms. The minimum Gasteiger partial charge on any atom is -0.379 e. The molecule has 1 N–H and O–H groups in total. The normalized spacial score (nSPS) is 21.2. The van der Waals surface area contributed by atoms with Gasteiger partial charge in [-0.2, -0.15) is 13.2 Å². The van der Waals surface area contributed by atoms with Crippen molar-refractivity contribution < 1.29 is 27.9 Å². The Bertz CT molecular complexity index is 657. The number of carbonyl (C=O) groups is 2. The van der Waals surface area contributed by atoms with Gasteiger partial charge in [-0.15, -0.1) is 0 Å². The highest BCUT2D eigenvalue weighted by atomic mass is 19.4. The number of Topliss-reactive ketones (excluding diaryl/α,β-unsaturated/α-hetero) is 1. The predicted octanol–water partition coefficient (Wildman–Crippen LogP) is 2.79. The van der Waals surface area contributed by atoms with Gasteiger partial charge in [0, 0.05) is 31.4 Å². The van der Waals surface area contributed by atoms with Crippen LogP contribution in [0.25, 0.3) is 0 Å². The van der Waals surface area contributed by atoms with E-state index >= 15 is 0 Å². The highest BCUT2D eigenvalue weighted by molar-refractivity contribution is 5.99. The zero-order valence-corrected chi connectivity index (χ0v) is 13.6. The zero-order valence-electron chi connectivity index (χ0n) is 13.6. The number of carbonyl (C=O) groups excluding carboxylic acids is 2. The SMILES string of the molecule is Cc1ccc(C)c(C(=O)CCC(=O)N2CCC(O)(C(F)(F)F)C2)c1. The zero-order chi connectivity index (χ0) is 18.1. The average Bonchev–Trinajstić information content (AvgIpc) is 2.90. The molecule has 0 aliphatic carbocycles. The molecule has 1 fully saturated rings. The van der Waals surface area contributed by atoms with Crippen LogP contribution in [0.1, 0.15) is 40.7 Å². The highest BCUT2D eigenvalue weighted by Crippen LogP contribution is 2.37. The molecule has 0 spiro atoms. The second-order valence-corrected chi connectivity index (χ2v) is 6.34. The van der Waals surface area contributed by atoms with Gasteiger partial charge in [0.05, 0.1) is 6.54 Å². The van der Waals surface area contributed by atoms with Gasteiger partial charge < -0.3 is 10.0 Å². The topological polar surface area (TPSA) is 57.6 Å². The van der Waals surface area contributed by atoms with Crippen molar-refractivity contribution >= 4 is 11.7 Å². The fourth-order valence-electron chi connectivity index (χ4n) is 2.79. The summed E-state index contributed by atoms with van der Waals surface area (Å²) >= 11 is 0. The molecule has 0 saturated carbocycles. The number of aryl methyl sites for hydroxylation is 2. The first kappa shape index (κ1) is 18.4. The first-order valence-electron chi connectivity index (χ1n) is 7.71. The summed E-state index contributed by atoms with van der Waals surface area (Å²) in [5.41, 5.74) is -0.605. The van der Waals surface area contributed by atoms with Gasteiger partial charge >= 0.3 is 6.18 Å². The van der Waals surface area contributed by atoms with Crippen LogP contribution in [0, 0.1) is 13.8 Å². The third kappa shape index (κ3) is 3.77. The number of likely N-dealkylation sites (tertiary alicyclic amines) is 1. The van der Waals surface area contributed by atoms with E-state index in [9.17, 15) is 27.9 Å². The average molecular weight is 343 g/mol. The third-order valence-corrected chi connectivity index (χ3v) is 4.39. The van der Waals surface area contributed by atoms with Crippen LogP contribution in [0.5, 0.6) is 0 Å². The van der Waals surface area contributed by atoms with Crippen molar-refractivity contribution in [2.45, 2.75) is 44.9 Å². The van der Waals surface area contributed by atoms with E-state index in [0.717, 1.165) is 16.0 Å². The lowest BCUT2D eigenvalue weighted by molar-refractivity contribution is -0.253. The van der Waals surface area contributed by atoms with E-state index in [2.05, 4.69) is 0 Å². The number of aliphatic hydroxyl groups is 1. The predicted molar refractivity (Wildman–Crippen MR) is 81.7 cm³/mol. The van der Waals surface area contributed by atoms with Crippen LogP contribution in [0.4, 0.5) is 13.2 Å². The van der Waals surface area contributed by atoms with Gasteiger partial charge in [0.15, 0.2) is 11.4 Å². The molecular weight excluding hydrogens is 323 g/mol. The summed E-state index contributed by atoms with van der Waals surface area (Å²) in [7, 11) is 0. The van der Waals surface area contributed by atoms with Crippen molar-refractivity contribution in [1.82, 2.24) is 4.90 Å². The number of nitrogens with zero attached hydrogens (tertiary/aromatic N) is 1. The minimum atomic E-state index is -4.77. The Hall–Kier alpha value is -1.89. The van der Waals surface area contributed by atoms with Crippen LogP contribution < -0.4 is 0 Å². The van der Waals surface area contributed by atoms with E-state index in [-0.39, 0.29) is 25.2 Å². The Morgan fingerprint density at radius 3 is 2.50 bits per heavy atom. The number of halogens is 3. The Morgan fingerprint density at radius 1 is 1.25 bits per heavy atom. The van der Waals surface area contributed by atoms with Crippen LogP contribution in [0.15, 0.2) is 18.2 Å². The van der Waals surface area contributed by atoms with Gasteiger partial charge in [0.25, 0.3) is 0 Å². The van der Waals surface area contributed by atoms with Crippen molar-refractivity contribution in [3.63, 3.8) is 0 Å². The number of rotatable bonds is 4. The van der Waals surface area contributed by atoms with Crippen LogP contribution in [0.3, 0.4) is 0 Å². The molecule has 1 aromatic carbocycles. The Morgan fingerprint density at radius 2 is 1.92 bits per heavy atom. The lowest BCUT2D eigenvalue weighted by Gasteiger charge is -2.25. The molecule has 2 rings (SSSR count). The van der Waals surface area contributed by atoms with Gasteiger partial charge in [-0.1, -0.05) is 17.7 Å². The van der Waals surface area contributed by atoms with Crippen LogP contribution in [0.2, 0.25) is 0 Å². The third-order valence-electron chi connectivity index (χ3n) is 4.39. The van der Waals surface area contributed by atoms with Gasteiger partial charge in [-0.3, -0.25) is 9.59 Å². The smallest absolute Gasteiger partial charge is 0.379 e. The molecule has 1 heterocycles. The van der Waals surface area contributed by atoms with E-state index < -0.39 is 30.7 Å². The summed E-state index contributed by atoms with van der Waals surface area (Å²) in [6.45, 7) is 2.71. The van der Waals surface area contributed by atoms with Crippen LogP contribution in [-0.2, 0) is 4.79 Å². The van der Waals surface area contributed by atoms with E-state index in [1.54, 1.807) is 13.0 Å². The molecule has 1 aliphatic heterocycles. The lowest BCUT2D eigenvalue weighted by Crippen LogP contribution is -2.48. The standard InChI is InChI=1S/C17H20F3NO3/c1-11-3-4-12(2)13(9-11)14(22)5-6-15(23)21-8-7-16(24,10-21)17(18,19)20/h3-4,9,24H,5-8,10H2,1-2H3. The molecule has 4 nitrogen and oxygen atoms in total. The Labute approximate surface area is 138 Å². The van der Waals surface area contributed by atoms with Crippen LogP contribution >= 0.6 is 0 Å². The highest BCUT2D eigenvalue weighted by Gasteiger charge is 2.57. The monoisotopic (exact) mass is 343 g/mol. The Balaban J connectivity index is 1.95. The van der Waals surface area contributed by atoms with Crippen LogP contribution in [-0.4, -0.2) is 46.6 Å². The van der Waals surface area contributed by atoms with Crippen molar-refractivity contribution in [2.75, 3.05) is 13.1 Å². The maximum Gasteiger partial charge on any atom is 0.419 e. The van der Waals surface area contributed by atoms with Gasteiger partial charge in [-0.05, 0) is 25.5 Å². The van der Waals surface area contributed by atoms with Crippen molar-refractivity contribution in [3.8, 4) is 0 Å². The molecule has 1 amide bonds. The molecular formula is C17H20F3NO3. The summed E-state index contributed by atoms with van der Waals surface area (Å²) in [6.07, 6.45) is -5.53. The quantitative estimate of drug-likeness (QED) is 0.856. The second-order valence-electron chi connectivity index (χ2n) is 6.34. The number of hydrogen-bond acceptors (Lipinski definition) is 3. The number of amides is 1. The molecule has 0 bridgehead atoms. The number of ketones is 1. The number of β-amino-alcohol motifs (C(OH)–C–C–N with tert-alkyl or cyclic N) is 1. The van der Waals surface area contributed by atoms with Crippen molar-refractivity contribution in [1.29, 1.82) is 0 Å². The maximum absolute atomic E-state index is 12.8. The summed E-state index contributed by atoms with van der Waals surface area (Å²) < 4.78 is 38.3. The molecule has 132 valence electrons. The number of alkyl halides is 3. The van der Waals surface area contributed by atoms with E-state index in [4.69, 9.17) is 0 Å². The first-order chi connectivity index (χ1) is 11.0. The van der Waals surface area contributed by atoms with E-state index in [0.29, 0.717) is 5.56 Å². The molecule has 1 aromatic rings. The summed E-state index contributed by atoms with van der Waals surface area (Å²) in [6, 6.07) is 5.42. The lowest BCUT2D eigenvalue weighted by atomic mass is 9.99. The maximum atomic E-state index is 12.8. The number of benzene rings is 1.